The highest BCUT2D eigenvalue weighted by atomic mass is 79.9. The van der Waals surface area contributed by atoms with E-state index >= 15 is 0 Å². The van der Waals surface area contributed by atoms with Gasteiger partial charge in [0, 0.05) is 9.50 Å². The van der Waals surface area contributed by atoms with Gasteiger partial charge in [0.15, 0.2) is 0 Å². The van der Waals surface area contributed by atoms with Crippen molar-refractivity contribution in [2.75, 3.05) is 4.72 Å². The fourth-order valence-electron chi connectivity index (χ4n) is 1.49. The Kier molecular flexibility index (Phi) is 4.87. The maximum absolute atomic E-state index is 12.3. The zero-order chi connectivity index (χ0) is 14.9. The largest absolute Gasteiger partial charge is 0.277 e. The first kappa shape index (κ1) is 15.9. The van der Waals surface area contributed by atoms with Gasteiger partial charge < -0.3 is 0 Å². The molecule has 0 radical (unpaired) electrons. The molecule has 0 spiro atoms. The van der Waals surface area contributed by atoms with Gasteiger partial charge in [0.1, 0.15) is 4.90 Å². The van der Waals surface area contributed by atoms with E-state index in [1.807, 2.05) is 0 Å². The Labute approximate surface area is 140 Å². The number of rotatable bonds is 3. The van der Waals surface area contributed by atoms with E-state index in [0.717, 1.165) is 0 Å². The maximum atomic E-state index is 12.3. The lowest BCUT2D eigenvalue weighted by molar-refractivity contribution is 0.601. The van der Waals surface area contributed by atoms with Gasteiger partial charge in [-0.2, -0.15) is 0 Å². The predicted molar refractivity (Wildman–Crippen MR) is 86.4 cm³/mol. The van der Waals surface area contributed by atoms with Crippen LogP contribution in [0, 0.1) is 0 Å². The van der Waals surface area contributed by atoms with Crippen molar-refractivity contribution in [1.82, 2.24) is 0 Å². The molecule has 0 aliphatic carbocycles. The Balaban J connectivity index is 2.47. The van der Waals surface area contributed by atoms with E-state index in [-0.39, 0.29) is 20.6 Å². The molecule has 0 aromatic heterocycles. The van der Waals surface area contributed by atoms with E-state index in [1.54, 1.807) is 18.2 Å². The van der Waals surface area contributed by atoms with E-state index in [2.05, 4.69) is 20.7 Å². The van der Waals surface area contributed by atoms with Crippen LogP contribution in [0.5, 0.6) is 0 Å². The molecule has 20 heavy (non-hydrogen) atoms. The van der Waals surface area contributed by atoms with Gasteiger partial charge in [-0.3, -0.25) is 4.72 Å². The van der Waals surface area contributed by atoms with Gasteiger partial charge in [0.05, 0.1) is 15.7 Å². The summed E-state index contributed by atoms with van der Waals surface area (Å²) in [5.41, 5.74) is 0.0912. The average Bonchev–Trinajstić information content (AvgIpc) is 2.34. The van der Waals surface area contributed by atoms with Crippen LogP contribution >= 0.6 is 50.7 Å². The third-order valence-electron chi connectivity index (χ3n) is 2.37. The van der Waals surface area contributed by atoms with E-state index < -0.39 is 10.0 Å². The van der Waals surface area contributed by atoms with Crippen molar-refractivity contribution < 1.29 is 8.42 Å². The van der Waals surface area contributed by atoms with Crippen molar-refractivity contribution >= 4 is 66.4 Å². The monoisotopic (exact) mass is 413 g/mol. The lowest BCUT2D eigenvalue weighted by Crippen LogP contribution is -2.14. The molecular formula is C12H7BrCl3NO2S. The normalized spacial score (nSPS) is 11.4. The molecule has 0 unspecified atom stereocenters. The number of benzene rings is 2. The van der Waals surface area contributed by atoms with Gasteiger partial charge in [-0.25, -0.2) is 8.42 Å². The first-order valence-electron chi connectivity index (χ1n) is 5.23. The van der Waals surface area contributed by atoms with Crippen LogP contribution < -0.4 is 4.72 Å². The van der Waals surface area contributed by atoms with Crippen LogP contribution in [0.1, 0.15) is 0 Å². The zero-order valence-electron chi connectivity index (χ0n) is 9.70. The van der Waals surface area contributed by atoms with Crippen LogP contribution in [0.25, 0.3) is 0 Å². The van der Waals surface area contributed by atoms with Crippen molar-refractivity contribution in [3.63, 3.8) is 0 Å². The Morgan fingerprint density at radius 3 is 2.10 bits per heavy atom. The highest BCUT2D eigenvalue weighted by Crippen LogP contribution is 2.35. The second-order valence-corrected chi connectivity index (χ2v) is 7.54. The third-order valence-corrected chi connectivity index (χ3v) is 5.55. The Hall–Kier alpha value is -0.460. The minimum Gasteiger partial charge on any atom is -0.277 e. The zero-order valence-corrected chi connectivity index (χ0v) is 14.4. The molecule has 1 N–H and O–H groups in total. The predicted octanol–water partition coefficient (Wildman–Crippen LogP) is 5.21. The van der Waals surface area contributed by atoms with Gasteiger partial charge in [-0.05, 0) is 40.2 Å². The van der Waals surface area contributed by atoms with Gasteiger partial charge in [0.2, 0.25) is 0 Å². The summed E-state index contributed by atoms with van der Waals surface area (Å²) in [6.07, 6.45) is 0. The second kappa shape index (κ2) is 6.12. The number of hydrogen-bond donors (Lipinski definition) is 1. The van der Waals surface area contributed by atoms with Crippen molar-refractivity contribution in [3.8, 4) is 0 Å². The molecular weight excluding hydrogens is 408 g/mol. The lowest BCUT2D eigenvalue weighted by Gasteiger charge is -2.12. The molecule has 0 heterocycles. The maximum Gasteiger partial charge on any atom is 0.263 e. The van der Waals surface area contributed by atoms with E-state index in [0.29, 0.717) is 9.50 Å². The standard InChI is InChI=1S/C12H7BrCl3NO2S/c13-8-3-1-2-4-11(8)20(18,19)17-12-9(15)5-7(14)6-10(12)16/h1-6,17H. The molecule has 3 nitrogen and oxygen atoms in total. The van der Waals surface area contributed by atoms with Crippen LogP contribution in [-0.4, -0.2) is 8.42 Å². The van der Waals surface area contributed by atoms with Crippen LogP contribution in [0.2, 0.25) is 15.1 Å². The number of nitrogens with one attached hydrogen (secondary N) is 1. The van der Waals surface area contributed by atoms with Crippen LogP contribution in [0.15, 0.2) is 45.8 Å². The first-order valence-corrected chi connectivity index (χ1v) is 8.64. The molecule has 2 rings (SSSR count). The SMILES string of the molecule is O=S(=O)(Nc1c(Cl)cc(Cl)cc1Cl)c1ccccc1Br. The molecule has 0 aliphatic heterocycles. The summed E-state index contributed by atoms with van der Waals surface area (Å²) in [7, 11) is -3.81. The molecule has 2 aromatic rings. The summed E-state index contributed by atoms with van der Waals surface area (Å²) in [4.78, 5) is 0.0853. The van der Waals surface area contributed by atoms with Gasteiger partial charge in [0.25, 0.3) is 10.0 Å². The number of anilines is 1. The van der Waals surface area contributed by atoms with Crippen LogP contribution in [0.3, 0.4) is 0 Å². The quantitative estimate of drug-likeness (QED) is 0.748. The fraction of sp³-hybridized carbons (Fsp3) is 0. The summed E-state index contributed by atoms with van der Waals surface area (Å²) < 4.78 is 27.4. The highest BCUT2D eigenvalue weighted by molar-refractivity contribution is 9.10. The van der Waals surface area contributed by atoms with E-state index in [9.17, 15) is 8.42 Å². The molecule has 0 saturated heterocycles. The topological polar surface area (TPSA) is 46.2 Å². The summed E-state index contributed by atoms with van der Waals surface area (Å²) in [6, 6.07) is 9.24. The molecule has 0 aliphatic rings. The minimum absolute atomic E-state index is 0.0853. The smallest absolute Gasteiger partial charge is 0.263 e. The Morgan fingerprint density at radius 1 is 1.00 bits per heavy atom. The molecule has 0 fully saturated rings. The van der Waals surface area contributed by atoms with Crippen molar-refractivity contribution in [2.45, 2.75) is 4.90 Å². The molecule has 0 saturated carbocycles. The lowest BCUT2D eigenvalue weighted by atomic mass is 10.3. The molecule has 0 amide bonds. The van der Waals surface area contributed by atoms with E-state index in [1.165, 1.54) is 18.2 Å². The molecule has 8 heteroatoms. The first-order chi connectivity index (χ1) is 9.31. The van der Waals surface area contributed by atoms with Gasteiger partial charge in [-0.15, -0.1) is 0 Å². The Morgan fingerprint density at radius 2 is 1.55 bits per heavy atom. The molecule has 0 bridgehead atoms. The number of sulfonamides is 1. The molecule has 2 aromatic carbocycles. The van der Waals surface area contributed by atoms with Crippen molar-refractivity contribution in [3.05, 3.63) is 55.9 Å². The highest BCUT2D eigenvalue weighted by Gasteiger charge is 2.20. The van der Waals surface area contributed by atoms with Crippen molar-refractivity contribution in [1.29, 1.82) is 0 Å². The third kappa shape index (κ3) is 3.40. The summed E-state index contributed by atoms with van der Waals surface area (Å²) in [6.45, 7) is 0. The molecule has 106 valence electrons. The molecule has 0 atom stereocenters. The van der Waals surface area contributed by atoms with Crippen molar-refractivity contribution in [2.24, 2.45) is 0 Å². The Bertz CT molecular complexity index is 742. The fourth-order valence-corrected chi connectivity index (χ4v) is 4.62. The second-order valence-electron chi connectivity index (χ2n) is 3.78. The minimum atomic E-state index is -3.81. The summed E-state index contributed by atoms with van der Waals surface area (Å²) in [5.74, 6) is 0. The average molecular weight is 416 g/mol. The van der Waals surface area contributed by atoms with Gasteiger partial charge >= 0.3 is 0 Å². The van der Waals surface area contributed by atoms with E-state index in [4.69, 9.17) is 34.8 Å². The van der Waals surface area contributed by atoms with Crippen LogP contribution in [-0.2, 0) is 10.0 Å². The summed E-state index contributed by atoms with van der Waals surface area (Å²) in [5, 5.41) is 0.570. The van der Waals surface area contributed by atoms with Crippen LogP contribution in [0.4, 0.5) is 5.69 Å². The number of hydrogen-bond acceptors (Lipinski definition) is 2. The van der Waals surface area contributed by atoms with Gasteiger partial charge in [-0.1, -0.05) is 46.9 Å². The number of halogens is 4. The summed E-state index contributed by atoms with van der Waals surface area (Å²) >= 11 is 20.9.